The molecule has 1 aliphatic heterocycles. The van der Waals surface area contributed by atoms with Crippen molar-refractivity contribution in [2.45, 2.75) is 31.7 Å². The molecule has 1 spiro atoms. The molecule has 0 unspecified atom stereocenters. The maximum absolute atomic E-state index is 15.2. The van der Waals surface area contributed by atoms with E-state index in [4.69, 9.17) is 30.4 Å². The van der Waals surface area contributed by atoms with Gasteiger partial charge in [0.15, 0.2) is 5.11 Å². The van der Waals surface area contributed by atoms with Crippen molar-refractivity contribution in [1.29, 1.82) is 0 Å². The predicted molar refractivity (Wildman–Crippen MR) is 140 cm³/mol. The Morgan fingerprint density at radius 1 is 1.19 bits per heavy atom. The molecule has 2 fully saturated rings. The lowest BCUT2D eigenvalue weighted by atomic mass is 9.75. The molecular weight excluding hydrogens is 501 g/mol. The van der Waals surface area contributed by atoms with Gasteiger partial charge in [-0.25, -0.2) is 4.39 Å². The van der Waals surface area contributed by atoms with Crippen LogP contribution in [0.3, 0.4) is 0 Å². The first kappa shape index (κ1) is 23.9. The minimum atomic E-state index is -0.914. The molecule has 2 aliphatic rings. The van der Waals surface area contributed by atoms with Gasteiger partial charge in [0.25, 0.3) is 17.6 Å². The van der Waals surface area contributed by atoms with Crippen LogP contribution in [0, 0.1) is 19.3 Å². The molecule has 1 N–H and O–H groups in total. The summed E-state index contributed by atoms with van der Waals surface area (Å²) < 4.78 is 15.2. The third kappa shape index (κ3) is 3.79. The number of pyridine rings is 1. The monoisotopic (exact) mass is 519 g/mol. The lowest BCUT2D eigenvalue weighted by Gasteiger charge is -2.43. The van der Waals surface area contributed by atoms with Gasteiger partial charge in [0, 0.05) is 16.4 Å². The summed E-state index contributed by atoms with van der Waals surface area (Å²) in [5.74, 6) is -1.30. The normalized spacial score (nSPS) is 16.2. The minimum absolute atomic E-state index is 0.140. The van der Waals surface area contributed by atoms with Gasteiger partial charge in [-0.2, -0.15) is 0 Å². The Balaban J connectivity index is 1.46. The number of nitrogens with one attached hydrogen (secondary N) is 1. The number of amides is 2. The van der Waals surface area contributed by atoms with Crippen LogP contribution in [0.2, 0.25) is 5.02 Å². The van der Waals surface area contributed by atoms with Crippen LogP contribution in [0.15, 0.2) is 54.7 Å². The van der Waals surface area contributed by atoms with Crippen LogP contribution in [-0.2, 0) is 4.79 Å². The van der Waals surface area contributed by atoms with Crippen LogP contribution in [0.5, 0.6) is 0 Å². The first-order valence-electron chi connectivity index (χ1n) is 11.1. The number of hydrogen-bond donors (Lipinski definition) is 1. The number of aromatic nitrogens is 1. The molecule has 2 heterocycles. The van der Waals surface area contributed by atoms with Gasteiger partial charge in [0.05, 0.1) is 11.3 Å². The van der Waals surface area contributed by atoms with Gasteiger partial charge in [-0.05, 0) is 92.5 Å². The second-order valence-electron chi connectivity index (χ2n) is 8.71. The molecule has 3 aromatic rings. The lowest BCUT2D eigenvalue weighted by molar-refractivity contribution is -0.123. The van der Waals surface area contributed by atoms with E-state index in [-0.39, 0.29) is 22.4 Å². The molecule has 0 bridgehead atoms. The number of rotatable bonds is 4. The fourth-order valence-corrected chi connectivity index (χ4v) is 5.15. The Kier molecular flexibility index (Phi) is 5.94. The summed E-state index contributed by atoms with van der Waals surface area (Å²) in [5, 5.41) is 3.37. The fourth-order valence-electron chi connectivity index (χ4n) is 4.56. The van der Waals surface area contributed by atoms with E-state index in [1.54, 1.807) is 48.2 Å². The Labute approximate surface area is 217 Å². The Morgan fingerprint density at radius 3 is 2.50 bits per heavy atom. The largest absolute Gasteiger partial charge is 0.360 e. The van der Waals surface area contributed by atoms with Crippen molar-refractivity contribution < 1.29 is 14.0 Å². The molecule has 1 saturated carbocycles. The van der Waals surface area contributed by atoms with Crippen molar-refractivity contribution in [3.63, 3.8) is 0 Å². The van der Waals surface area contributed by atoms with E-state index in [0.717, 1.165) is 6.42 Å². The van der Waals surface area contributed by atoms with Crippen molar-refractivity contribution in [3.8, 4) is 0 Å². The summed E-state index contributed by atoms with van der Waals surface area (Å²) in [7, 11) is 0. The highest BCUT2D eigenvalue weighted by Gasteiger charge is 2.59. The minimum Gasteiger partial charge on any atom is -0.360 e. The molecule has 0 atom stereocenters. The van der Waals surface area contributed by atoms with Gasteiger partial charge in [-0.3, -0.25) is 14.5 Å². The SMILES string of the molecule is [C-]#[N+]c1ncc(N2C(=O)C3(CCC3)N(c3ccc(C(=O)Nc4ccc(Cl)cc4)c(F)c3)C2=S)cc1C. The van der Waals surface area contributed by atoms with Gasteiger partial charge in [-0.1, -0.05) is 18.2 Å². The molecule has 2 amide bonds. The van der Waals surface area contributed by atoms with E-state index in [1.807, 2.05) is 0 Å². The number of thiocarbonyl (C=S) groups is 1. The second kappa shape index (κ2) is 8.97. The quantitative estimate of drug-likeness (QED) is 0.336. The highest BCUT2D eigenvalue weighted by Crippen LogP contribution is 2.48. The fraction of sp³-hybridized carbons (Fsp3) is 0.192. The standard InChI is InChI=1S/C26H19ClFN5O2S/c1-15-12-19(14-30-22(15)29-2)32-24(35)26(10-3-11-26)33(25(32)36)18-8-9-20(21(28)13-18)23(34)31-17-6-4-16(27)5-7-17/h4-9,12-14H,3,10-11H2,1H3,(H,31,34). The third-order valence-corrected chi connectivity index (χ3v) is 7.17. The number of nitrogens with zero attached hydrogens (tertiary/aromatic N) is 4. The number of aryl methyl sites for hydroxylation is 1. The van der Waals surface area contributed by atoms with Gasteiger partial charge in [-0.15, -0.1) is 4.98 Å². The summed E-state index contributed by atoms with van der Waals surface area (Å²) in [5.41, 5.74) is 0.904. The van der Waals surface area contributed by atoms with Crippen molar-refractivity contribution in [2.75, 3.05) is 15.1 Å². The summed E-state index contributed by atoms with van der Waals surface area (Å²) in [6.45, 7) is 8.95. The van der Waals surface area contributed by atoms with Crippen molar-refractivity contribution in [3.05, 3.63) is 88.1 Å². The molecular formula is C26H19ClFN5O2S. The number of anilines is 3. The summed E-state index contributed by atoms with van der Waals surface area (Å²) in [6, 6.07) is 12.4. The number of hydrogen-bond acceptors (Lipinski definition) is 4. The van der Waals surface area contributed by atoms with E-state index < -0.39 is 17.3 Å². The van der Waals surface area contributed by atoms with Gasteiger partial charge >= 0.3 is 0 Å². The number of benzene rings is 2. The summed E-state index contributed by atoms with van der Waals surface area (Å²) >= 11 is 11.6. The van der Waals surface area contributed by atoms with Gasteiger partial charge in [0.2, 0.25) is 0 Å². The maximum Gasteiger partial charge on any atom is 0.272 e. The van der Waals surface area contributed by atoms with E-state index >= 15 is 4.39 Å². The molecule has 36 heavy (non-hydrogen) atoms. The maximum atomic E-state index is 15.2. The van der Waals surface area contributed by atoms with E-state index in [9.17, 15) is 9.59 Å². The van der Waals surface area contributed by atoms with Gasteiger partial charge < -0.3 is 15.1 Å². The highest BCUT2D eigenvalue weighted by molar-refractivity contribution is 7.81. The average molecular weight is 520 g/mol. The first-order chi connectivity index (χ1) is 17.2. The average Bonchev–Trinajstić information content (AvgIpc) is 3.07. The highest BCUT2D eigenvalue weighted by atomic mass is 35.5. The van der Waals surface area contributed by atoms with Crippen LogP contribution in [0.25, 0.3) is 4.85 Å². The third-order valence-electron chi connectivity index (χ3n) is 6.55. The molecule has 1 aromatic heterocycles. The topological polar surface area (TPSA) is 69.9 Å². The first-order valence-corrected chi connectivity index (χ1v) is 11.9. The smallest absolute Gasteiger partial charge is 0.272 e. The Hall–Kier alpha value is -3.87. The van der Waals surface area contributed by atoms with Crippen LogP contribution in [-0.4, -0.2) is 27.4 Å². The number of carbonyl (C=O) groups is 2. The van der Waals surface area contributed by atoms with E-state index in [1.165, 1.54) is 23.2 Å². The predicted octanol–water partition coefficient (Wildman–Crippen LogP) is 6.05. The van der Waals surface area contributed by atoms with Crippen LogP contribution >= 0.6 is 23.8 Å². The zero-order chi connectivity index (χ0) is 25.6. The molecule has 7 nitrogen and oxygen atoms in total. The molecule has 0 radical (unpaired) electrons. The van der Waals surface area contributed by atoms with Crippen LogP contribution < -0.4 is 15.1 Å². The van der Waals surface area contributed by atoms with Gasteiger partial charge in [0.1, 0.15) is 17.6 Å². The Bertz CT molecular complexity index is 1470. The van der Waals surface area contributed by atoms with Crippen molar-refractivity contribution >= 4 is 63.6 Å². The molecule has 1 saturated heterocycles. The molecule has 1 aliphatic carbocycles. The molecule has 5 rings (SSSR count). The zero-order valence-electron chi connectivity index (χ0n) is 19.1. The number of halogens is 2. The molecule has 10 heteroatoms. The number of carbonyl (C=O) groups excluding carboxylic acids is 2. The molecule has 2 aromatic carbocycles. The zero-order valence-corrected chi connectivity index (χ0v) is 20.7. The Morgan fingerprint density at radius 2 is 1.92 bits per heavy atom. The van der Waals surface area contributed by atoms with E-state index in [0.29, 0.717) is 40.5 Å². The lowest BCUT2D eigenvalue weighted by Crippen LogP contribution is -2.55. The molecule has 180 valence electrons. The van der Waals surface area contributed by atoms with Crippen molar-refractivity contribution in [2.24, 2.45) is 0 Å². The van der Waals surface area contributed by atoms with Crippen LogP contribution in [0.1, 0.15) is 35.2 Å². The summed E-state index contributed by atoms with van der Waals surface area (Å²) in [4.78, 5) is 36.9. The van der Waals surface area contributed by atoms with E-state index in [2.05, 4.69) is 15.1 Å². The second-order valence-corrected chi connectivity index (χ2v) is 9.52. The van der Waals surface area contributed by atoms with Crippen LogP contribution in [0.4, 0.5) is 27.3 Å². The van der Waals surface area contributed by atoms with Crippen molar-refractivity contribution in [1.82, 2.24) is 4.98 Å². The summed E-state index contributed by atoms with van der Waals surface area (Å²) in [6.07, 6.45) is 3.41.